The van der Waals surface area contributed by atoms with Crippen molar-refractivity contribution in [1.82, 2.24) is 15.0 Å². The number of hydrogen-bond acceptors (Lipinski definition) is 6. The first kappa shape index (κ1) is 16.9. The summed E-state index contributed by atoms with van der Waals surface area (Å²) in [7, 11) is 1.60. The molecule has 0 aliphatic rings. The van der Waals surface area contributed by atoms with Crippen molar-refractivity contribution in [2.24, 2.45) is 11.5 Å². The molecule has 0 saturated carbocycles. The number of hydrogen-bond donors (Lipinski definition) is 4. The fraction of sp³-hybridized carbons (Fsp3) is 0.235. The number of benzene rings is 1. The smallest absolute Gasteiger partial charge is 0.269 e. The molecule has 0 saturated heterocycles. The summed E-state index contributed by atoms with van der Waals surface area (Å²) in [6.45, 7) is 0.798. The Morgan fingerprint density at radius 1 is 1.40 bits per heavy atom. The molecule has 0 aliphatic carbocycles. The maximum atomic E-state index is 11.7. The number of amides is 1. The van der Waals surface area contributed by atoms with Gasteiger partial charge in [-0.15, -0.1) is 0 Å². The van der Waals surface area contributed by atoms with Crippen molar-refractivity contribution in [2.45, 2.75) is 6.04 Å². The molecule has 0 unspecified atom stereocenters. The summed E-state index contributed by atoms with van der Waals surface area (Å²) in [5, 5.41) is 4.16. The van der Waals surface area contributed by atoms with Gasteiger partial charge in [-0.05, 0) is 12.1 Å². The fourth-order valence-corrected chi connectivity index (χ4v) is 2.61. The van der Waals surface area contributed by atoms with Gasteiger partial charge in [-0.2, -0.15) is 0 Å². The highest BCUT2D eigenvalue weighted by atomic mass is 16.5. The summed E-state index contributed by atoms with van der Waals surface area (Å²) in [6.07, 6.45) is 1.46. The molecule has 0 radical (unpaired) electrons. The molecule has 2 heterocycles. The molecule has 3 rings (SSSR count). The van der Waals surface area contributed by atoms with Gasteiger partial charge in [0.05, 0.1) is 24.5 Å². The van der Waals surface area contributed by atoms with Gasteiger partial charge in [0.15, 0.2) is 5.69 Å². The number of carbonyl (C=O) groups excluding carboxylic acids is 1. The summed E-state index contributed by atoms with van der Waals surface area (Å²) in [5.74, 6) is -0.147. The number of fused-ring (bicyclic) bond motifs is 1. The number of primary amides is 1. The Balaban J connectivity index is 2.03. The second kappa shape index (κ2) is 7.29. The SMILES string of the molecule is COC[C@H](CN)Nc1cnc(C(N)=O)c(-c2cc3ccccc3[nH]2)n1. The van der Waals surface area contributed by atoms with E-state index in [4.69, 9.17) is 16.2 Å². The van der Waals surface area contributed by atoms with Crippen molar-refractivity contribution >= 4 is 22.6 Å². The second-order valence-electron chi connectivity index (χ2n) is 5.62. The highest BCUT2D eigenvalue weighted by Gasteiger charge is 2.17. The van der Waals surface area contributed by atoms with Gasteiger partial charge in [-0.3, -0.25) is 4.79 Å². The standard InChI is InChI=1S/C17H20N6O2/c1-25-9-11(7-18)21-14-8-20-16(17(19)24)15(23-14)13-6-10-4-2-3-5-12(10)22-13/h2-6,8,11,22H,7,9,18H2,1H3,(H2,19,24)(H,21,23)/t11-/m0/s1. The molecular weight excluding hydrogens is 320 g/mol. The zero-order valence-corrected chi connectivity index (χ0v) is 13.8. The van der Waals surface area contributed by atoms with Gasteiger partial charge in [0.2, 0.25) is 0 Å². The Kier molecular flexibility index (Phi) is 4.92. The van der Waals surface area contributed by atoms with Gasteiger partial charge in [-0.25, -0.2) is 9.97 Å². The van der Waals surface area contributed by atoms with Crippen LogP contribution in [0, 0.1) is 0 Å². The van der Waals surface area contributed by atoms with E-state index in [1.54, 1.807) is 7.11 Å². The largest absolute Gasteiger partial charge is 0.383 e. The van der Waals surface area contributed by atoms with E-state index in [2.05, 4.69) is 20.3 Å². The van der Waals surface area contributed by atoms with E-state index in [0.717, 1.165) is 10.9 Å². The van der Waals surface area contributed by atoms with E-state index >= 15 is 0 Å². The number of nitrogens with zero attached hydrogens (tertiary/aromatic N) is 2. The topological polar surface area (TPSA) is 132 Å². The number of ether oxygens (including phenoxy) is 1. The fourth-order valence-electron chi connectivity index (χ4n) is 2.61. The molecule has 0 bridgehead atoms. The van der Waals surface area contributed by atoms with Crippen molar-refractivity contribution in [3.8, 4) is 11.4 Å². The molecular formula is C17H20N6O2. The number of methoxy groups -OCH3 is 1. The molecule has 1 aromatic carbocycles. The number of nitrogens with two attached hydrogens (primary N) is 2. The number of para-hydroxylation sites is 1. The average molecular weight is 340 g/mol. The van der Waals surface area contributed by atoms with Crippen molar-refractivity contribution in [3.63, 3.8) is 0 Å². The lowest BCUT2D eigenvalue weighted by Crippen LogP contribution is -2.33. The van der Waals surface area contributed by atoms with Crippen LogP contribution in [0.1, 0.15) is 10.5 Å². The molecule has 0 fully saturated rings. The molecule has 0 spiro atoms. The molecule has 25 heavy (non-hydrogen) atoms. The van der Waals surface area contributed by atoms with Crippen molar-refractivity contribution in [1.29, 1.82) is 0 Å². The predicted molar refractivity (Wildman–Crippen MR) is 96.2 cm³/mol. The number of nitrogens with one attached hydrogen (secondary N) is 2. The maximum Gasteiger partial charge on any atom is 0.269 e. The molecule has 6 N–H and O–H groups in total. The number of H-pyrrole nitrogens is 1. The van der Waals surface area contributed by atoms with Crippen molar-refractivity contribution < 1.29 is 9.53 Å². The van der Waals surface area contributed by atoms with E-state index in [9.17, 15) is 4.79 Å². The quantitative estimate of drug-likeness (QED) is 0.509. The van der Waals surface area contributed by atoms with Crippen LogP contribution < -0.4 is 16.8 Å². The molecule has 1 atom stereocenters. The van der Waals surface area contributed by atoms with Crippen LogP contribution in [0.15, 0.2) is 36.5 Å². The number of aromatic nitrogens is 3. The summed E-state index contributed by atoms with van der Waals surface area (Å²) < 4.78 is 5.11. The number of aromatic amines is 1. The van der Waals surface area contributed by atoms with E-state index in [1.807, 2.05) is 30.3 Å². The van der Waals surface area contributed by atoms with Crippen LogP contribution in [0.3, 0.4) is 0 Å². The first-order chi connectivity index (χ1) is 12.1. The van der Waals surface area contributed by atoms with Crippen LogP contribution in [0.4, 0.5) is 5.82 Å². The van der Waals surface area contributed by atoms with Crippen LogP contribution in [0.25, 0.3) is 22.3 Å². The third kappa shape index (κ3) is 3.59. The Hall–Kier alpha value is -2.97. The Morgan fingerprint density at radius 2 is 2.20 bits per heavy atom. The normalized spacial score (nSPS) is 12.2. The number of anilines is 1. The zero-order chi connectivity index (χ0) is 17.8. The molecule has 8 nitrogen and oxygen atoms in total. The monoisotopic (exact) mass is 340 g/mol. The summed E-state index contributed by atoms with van der Waals surface area (Å²) in [5.41, 5.74) is 13.3. The molecule has 130 valence electrons. The average Bonchev–Trinajstić information content (AvgIpc) is 3.05. The molecule has 8 heteroatoms. The third-order valence-electron chi connectivity index (χ3n) is 3.80. The van der Waals surface area contributed by atoms with Gasteiger partial charge in [-0.1, -0.05) is 18.2 Å². The Labute approximate surface area is 144 Å². The minimum atomic E-state index is -0.639. The first-order valence-corrected chi connectivity index (χ1v) is 7.83. The number of carbonyl (C=O) groups is 1. The minimum Gasteiger partial charge on any atom is -0.383 e. The lowest BCUT2D eigenvalue weighted by Gasteiger charge is -2.17. The van der Waals surface area contributed by atoms with Crippen LogP contribution in [0.2, 0.25) is 0 Å². The highest BCUT2D eigenvalue weighted by Crippen LogP contribution is 2.25. The Bertz CT molecular complexity index is 859. The Morgan fingerprint density at radius 3 is 2.88 bits per heavy atom. The van der Waals surface area contributed by atoms with Crippen LogP contribution in [0.5, 0.6) is 0 Å². The molecule has 3 aromatic rings. The maximum absolute atomic E-state index is 11.7. The van der Waals surface area contributed by atoms with Crippen LogP contribution in [-0.4, -0.2) is 47.2 Å². The minimum absolute atomic E-state index is 0.105. The number of rotatable bonds is 7. The zero-order valence-electron chi connectivity index (χ0n) is 13.8. The molecule has 2 aromatic heterocycles. The third-order valence-corrected chi connectivity index (χ3v) is 3.80. The van der Waals surface area contributed by atoms with E-state index < -0.39 is 5.91 Å². The summed E-state index contributed by atoms with van der Waals surface area (Å²) in [4.78, 5) is 23.7. The highest BCUT2D eigenvalue weighted by molar-refractivity contribution is 5.98. The van der Waals surface area contributed by atoms with E-state index in [1.165, 1.54) is 6.20 Å². The summed E-state index contributed by atoms with van der Waals surface area (Å²) in [6, 6.07) is 9.58. The summed E-state index contributed by atoms with van der Waals surface area (Å²) >= 11 is 0. The predicted octanol–water partition coefficient (Wildman–Crippen LogP) is 1.11. The van der Waals surface area contributed by atoms with Crippen molar-refractivity contribution in [2.75, 3.05) is 25.6 Å². The lowest BCUT2D eigenvalue weighted by molar-refractivity contribution is 0.0996. The molecule has 0 aliphatic heterocycles. The van der Waals surface area contributed by atoms with E-state index in [-0.39, 0.29) is 11.7 Å². The van der Waals surface area contributed by atoms with Gasteiger partial charge in [0, 0.05) is 24.6 Å². The van der Waals surface area contributed by atoms with Gasteiger partial charge in [0.1, 0.15) is 11.5 Å². The van der Waals surface area contributed by atoms with Gasteiger partial charge < -0.3 is 26.5 Å². The molecule has 1 amide bonds. The van der Waals surface area contributed by atoms with Gasteiger partial charge in [0.25, 0.3) is 5.91 Å². The van der Waals surface area contributed by atoms with E-state index in [0.29, 0.717) is 30.4 Å². The van der Waals surface area contributed by atoms with Crippen LogP contribution in [-0.2, 0) is 4.74 Å². The lowest BCUT2D eigenvalue weighted by atomic mass is 10.2. The first-order valence-electron chi connectivity index (χ1n) is 7.83. The van der Waals surface area contributed by atoms with Crippen molar-refractivity contribution in [3.05, 3.63) is 42.2 Å². The van der Waals surface area contributed by atoms with Crippen LogP contribution >= 0.6 is 0 Å². The second-order valence-corrected chi connectivity index (χ2v) is 5.62. The van der Waals surface area contributed by atoms with Gasteiger partial charge >= 0.3 is 0 Å².